The van der Waals surface area contributed by atoms with Gasteiger partial charge in [-0.3, -0.25) is 4.79 Å². The second-order valence-corrected chi connectivity index (χ2v) is 6.89. The van der Waals surface area contributed by atoms with Crippen molar-refractivity contribution >= 4 is 17.6 Å². The zero-order chi connectivity index (χ0) is 22.1. The molecule has 0 heterocycles. The number of rotatable bonds is 8. The van der Waals surface area contributed by atoms with Gasteiger partial charge in [0.25, 0.3) is 5.91 Å². The summed E-state index contributed by atoms with van der Waals surface area (Å²) in [6, 6.07) is 20.7. The first kappa shape index (κ1) is 21.8. The van der Waals surface area contributed by atoms with Crippen LogP contribution in [0, 0.1) is 5.82 Å². The van der Waals surface area contributed by atoms with Crippen LogP contribution in [0.3, 0.4) is 0 Å². The molecule has 0 aliphatic heterocycles. The predicted octanol–water partition coefficient (Wildman–Crippen LogP) is 3.73. The fourth-order valence-electron chi connectivity index (χ4n) is 2.94. The van der Waals surface area contributed by atoms with Gasteiger partial charge in [0.05, 0.1) is 13.7 Å². The maximum Gasteiger partial charge on any atom is 0.255 e. The Kier molecular flexibility index (Phi) is 7.59. The van der Waals surface area contributed by atoms with E-state index in [-0.39, 0.29) is 11.5 Å². The number of nitrogens with two attached hydrogens (primary N) is 1. The van der Waals surface area contributed by atoms with Crippen LogP contribution in [-0.2, 0) is 13.0 Å². The number of halogens is 1. The lowest BCUT2D eigenvalue weighted by molar-refractivity contribution is 0.102. The Bertz CT molecular complexity index is 1050. The molecule has 0 aliphatic rings. The first-order chi connectivity index (χ1) is 15.0. The SMILES string of the molecule is COc1ccc(CCNC(N)=NCc2cccc(NC(=O)c3cccc(F)c3)c2)cc1. The molecule has 0 radical (unpaired) electrons. The van der Waals surface area contributed by atoms with Crippen molar-refractivity contribution in [1.29, 1.82) is 0 Å². The van der Waals surface area contributed by atoms with Crippen molar-refractivity contribution in [2.24, 2.45) is 10.7 Å². The van der Waals surface area contributed by atoms with Gasteiger partial charge >= 0.3 is 0 Å². The van der Waals surface area contributed by atoms with Crippen LogP contribution in [0.15, 0.2) is 77.8 Å². The minimum atomic E-state index is -0.453. The molecule has 0 spiro atoms. The van der Waals surface area contributed by atoms with Crippen molar-refractivity contribution < 1.29 is 13.9 Å². The highest BCUT2D eigenvalue weighted by Gasteiger charge is 2.07. The van der Waals surface area contributed by atoms with Crippen molar-refractivity contribution in [3.63, 3.8) is 0 Å². The lowest BCUT2D eigenvalue weighted by Gasteiger charge is -2.08. The van der Waals surface area contributed by atoms with Crippen LogP contribution in [0.1, 0.15) is 21.5 Å². The molecular weight excluding hydrogens is 395 g/mol. The largest absolute Gasteiger partial charge is 0.497 e. The molecule has 7 heteroatoms. The van der Waals surface area contributed by atoms with Gasteiger partial charge in [-0.25, -0.2) is 9.38 Å². The number of amides is 1. The molecule has 0 bridgehead atoms. The molecule has 160 valence electrons. The summed E-state index contributed by atoms with van der Waals surface area (Å²) in [6.07, 6.45) is 0.807. The van der Waals surface area contributed by atoms with E-state index >= 15 is 0 Å². The molecule has 3 aromatic carbocycles. The van der Waals surface area contributed by atoms with Gasteiger partial charge in [0.15, 0.2) is 5.96 Å². The van der Waals surface area contributed by atoms with Crippen LogP contribution in [0.25, 0.3) is 0 Å². The maximum absolute atomic E-state index is 13.3. The van der Waals surface area contributed by atoms with E-state index in [0.717, 1.165) is 17.7 Å². The highest BCUT2D eigenvalue weighted by Crippen LogP contribution is 2.14. The summed E-state index contributed by atoms with van der Waals surface area (Å²) in [7, 11) is 1.64. The molecule has 0 atom stereocenters. The molecule has 0 saturated heterocycles. The molecule has 0 unspecified atom stereocenters. The highest BCUT2D eigenvalue weighted by atomic mass is 19.1. The quantitative estimate of drug-likeness (QED) is 0.383. The minimum absolute atomic E-state index is 0.258. The first-order valence-corrected chi connectivity index (χ1v) is 9.86. The third kappa shape index (κ3) is 6.85. The Morgan fingerprint density at radius 1 is 1.03 bits per heavy atom. The summed E-state index contributed by atoms with van der Waals surface area (Å²) in [5.74, 6) is 0.348. The molecule has 1 amide bonds. The minimum Gasteiger partial charge on any atom is -0.497 e. The van der Waals surface area contributed by atoms with Crippen molar-refractivity contribution in [1.82, 2.24) is 5.32 Å². The van der Waals surface area contributed by atoms with Crippen LogP contribution in [0.2, 0.25) is 0 Å². The van der Waals surface area contributed by atoms with Gasteiger partial charge < -0.3 is 21.1 Å². The lowest BCUT2D eigenvalue weighted by Crippen LogP contribution is -2.33. The molecule has 0 aromatic heterocycles. The van der Waals surface area contributed by atoms with Gasteiger partial charge in [0.2, 0.25) is 0 Å². The van der Waals surface area contributed by atoms with E-state index in [2.05, 4.69) is 15.6 Å². The summed E-state index contributed by atoms with van der Waals surface area (Å²) in [5, 5.41) is 5.86. The standard InChI is InChI=1S/C24H25FN4O2/c1-31-22-10-8-17(9-11-22)12-13-27-24(26)28-16-18-4-2-7-21(14-18)29-23(30)19-5-3-6-20(25)15-19/h2-11,14-15H,12-13,16H2,1H3,(H,29,30)(H3,26,27,28). The number of benzene rings is 3. The fourth-order valence-corrected chi connectivity index (χ4v) is 2.94. The number of methoxy groups -OCH3 is 1. The number of nitrogens with one attached hydrogen (secondary N) is 2. The Morgan fingerprint density at radius 3 is 2.55 bits per heavy atom. The van der Waals surface area contributed by atoms with E-state index < -0.39 is 5.82 Å². The Balaban J connectivity index is 1.50. The topological polar surface area (TPSA) is 88.7 Å². The van der Waals surface area contributed by atoms with Crippen molar-refractivity contribution in [3.05, 3.63) is 95.3 Å². The molecule has 3 rings (SSSR count). The smallest absolute Gasteiger partial charge is 0.255 e. The summed E-state index contributed by atoms with van der Waals surface area (Å²) >= 11 is 0. The van der Waals surface area contributed by atoms with Crippen LogP contribution in [-0.4, -0.2) is 25.5 Å². The number of anilines is 1. The van der Waals surface area contributed by atoms with Crippen molar-refractivity contribution in [2.75, 3.05) is 19.0 Å². The zero-order valence-corrected chi connectivity index (χ0v) is 17.3. The van der Waals surface area contributed by atoms with Gasteiger partial charge in [-0.05, 0) is 60.0 Å². The van der Waals surface area contributed by atoms with Crippen molar-refractivity contribution in [3.8, 4) is 5.75 Å². The molecule has 4 N–H and O–H groups in total. The second kappa shape index (κ2) is 10.8. The number of ether oxygens (including phenoxy) is 1. The van der Waals surface area contributed by atoms with Crippen LogP contribution < -0.4 is 21.1 Å². The summed E-state index contributed by atoms with van der Waals surface area (Å²) < 4.78 is 18.5. The third-order valence-electron chi connectivity index (χ3n) is 4.58. The van der Waals surface area contributed by atoms with Gasteiger partial charge in [-0.1, -0.05) is 30.3 Å². The average Bonchev–Trinajstić information content (AvgIpc) is 2.78. The van der Waals surface area contributed by atoms with Gasteiger partial charge in [-0.15, -0.1) is 0 Å². The molecule has 3 aromatic rings. The molecule has 31 heavy (non-hydrogen) atoms. The van der Waals surface area contributed by atoms with E-state index in [1.165, 1.54) is 23.8 Å². The average molecular weight is 420 g/mol. The van der Waals surface area contributed by atoms with Crippen molar-refractivity contribution in [2.45, 2.75) is 13.0 Å². The van der Waals surface area contributed by atoms with Gasteiger partial charge in [0, 0.05) is 17.8 Å². The summed E-state index contributed by atoms with van der Waals surface area (Å²) in [6.45, 7) is 1.02. The summed E-state index contributed by atoms with van der Waals surface area (Å²) in [5.41, 5.74) is 8.87. The van der Waals surface area contributed by atoms with E-state index in [9.17, 15) is 9.18 Å². The normalized spacial score (nSPS) is 11.1. The van der Waals surface area contributed by atoms with E-state index in [1.807, 2.05) is 42.5 Å². The number of hydrogen-bond donors (Lipinski definition) is 3. The number of hydrogen-bond acceptors (Lipinski definition) is 3. The predicted molar refractivity (Wildman–Crippen MR) is 121 cm³/mol. The maximum atomic E-state index is 13.3. The monoisotopic (exact) mass is 420 g/mol. The Morgan fingerprint density at radius 2 is 1.81 bits per heavy atom. The van der Waals surface area contributed by atoms with E-state index in [0.29, 0.717) is 24.7 Å². The number of carbonyl (C=O) groups excluding carboxylic acids is 1. The Hall–Kier alpha value is -3.87. The number of aliphatic imine (C=N–C) groups is 1. The molecule has 0 aliphatic carbocycles. The van der Waals surface area contributed by atoms with Gasteiger partial charge in [0.1, 0.15) is 11.6 Å². The van der Waals surface area contributed by atoms with Crippen LogP contribution in [0.4, 0.5) is 10.1 Å². The third-order valence-corrected chi connectivity index (χ3v) is 4.58. The van der Waals surface area contributed by atoms with E-state index in [4.69, 9.17) is 10.5 Å². The summed E-state index contributed by atoms with van der Waals surface area (Å²) in [4.78, 5) is 16.6. The number of guanidine groups is 1. The molecular formula is C24H25FN4O2. The molecule has 6 nitrogen and oxygen atoms in total. The Labute approximate surface area is 181 Å². The fraction of sp³-hybridized carbons (Fsp3) is 0.167. The number of nitrogens with zero attached hydrogens (tertiary/aromatic N) is 1. The molecule has 0 fully saturated rings. The molecule has 0 saturated carbocycles. The van der Waals surface area contributed by atoms with Crippen LogP contribution >= 0.6 is 0 Å². The second-order valence-electron chi connectivity index (χ2n) is 6.89. The lowest BCUT2D eigenvalue weighted by atomic mass is 10.1. The zero-order valence-electron chi connectivity index (χ0n) is 17.3. The first-order valence-electron chi connectivity index (χ1n) is 9.86. The van der Waals surface area contributed by atoms with Gasteiger partial charge in [-0.2, -0.15) is 0 Å². The van der Waals surface area contributed by atoms with Crippen LogP contribution in [0.5, 0.6) is 5.75 Å². The highest BCUT2D eigenvalue weighted by molar-refractivity contribution is 6.04. The van der Waals surface area contributed by atoms with E-state index in [1.54, 1.807) is 19.2 Å². The number of carbonyl (C=O) groups is 1.